The first-order valence-electron chi connectivity index (χ1n) is 13.7. The number of ether oxygens (including phenoxy) is 2. The van der Waals surface area contributed by atoms with Gasteiger partial charge >= 0.3 is 5.97 Å². The first-order chi connectivity index (χ1) is 17.2. The number of esters is 1. The second-order valence-corrected chi connectivity index (χ2v) is 11.2. The Hall–Kier alpha value is -2.19. The van der Waals surface area contributed by atoms with Crippen LogP contribution in [0.3, 0.4) is 0 Å². The fraction of sp³-hybridized carbons (Fsp3) is 0.750. The van der Waals surface area contributed by atoms with E-state index in [-0.39, 0.29) is 24.3 Å². The van der Waals surface area contributed by atoms with Crippen LogP contribution in [-0.2, 0) is 23.9 Å². The average Bonchev–Trinajstić information content (AvgIpc) is 3.16. The number of likely N-dealkylation sites (tertiary alicyclic amines) is 1. The topological polar surface area (TPSA) is 96.4 Å². The second-order valence-electron chi connectivity index (χ2n) is 11.2. The number of aliphatic hydroxyl groups excluding tert-OH is 1. The predicted molar refractivity (Wildman–Crippen MR) is 135 cm³/mol. The van der Waals surface area contributed by atoms with Crippen molar-refractivity contribution in [2.45, 2.75) is 89.5 Å². The van der Waals surface area contributed by atoms with Crippen molar-refractivity contribution >= 4 is 17.8 Å². The van der Waals surface area contributed by atoms with Crippen molar-refractivity contribution < 1.29 is 29.0 Å². The van der Waals surface area contributed by atoms with E-state index < -0.39 is 41.1 Å². The monoisotopic (exact) mass is 502 g/mol. The summed E-state index contributed by atoms with van der Waals surface area (Å²) >= 11 is 0. The number of carbonyl (C=O) groups is 3. The Labute approximate surface area is 214 Å². The number of allylic oxidation sites excluding steroid dienone is 1. The van der Waals surface area contributed by atoms with Crippen LogP contribution in [0.5, 0.6) is 0 Å². The molecular weight excluding hydrogens is 460 g/mol. The normalized spacial score (nSPS) is 36.3. The summed E-state index contributed by atoms with van der Waals surface area (Å²) in [6.07, 6.45) is 13.1. The van der Waals surface area contributed by atoms with E-state index >= 15 is 0 Å². The average molecular weight is 503 g/mol. The van der Waals surface area contributed by atoms with Crippen molar-refractivity contribution in [3.05, 3.63) is 24.3 Å². The maximum Gasteiger partial charge on any atom is 0.313 e. The summed E-state index contributed by atoms with van der Waals surface area (Å²) in [5, 5.41) is 10.3. The van der Waals surface area contributed by atoms with Crippen LogP contribution >= 0.6 is 0 Å². The van der Waals surface area contributed by atoms with Gasteiger partial charge in [-0.25, -0.2) is 0 Å². The summed E-state index contributed by atoms with van der Waals surface area (Å²) < 4.78 is 12.5. The molecule has 0 aliphatic carbocycles. The lowest BCUT2D eigenvalue weighted by Gasteiger charge is -2.41. The molecular formula is C28H42N2O6. The van der Waals surface area contributed by atoms with Gasteiger partial charge in [-0.15, -0.1) is 0 Å². The van der Waals surface area contributed by atoms with Gasteiger partial charge in [0, 0.05) is 13.1 Å². The summed E-state index contributed by atoms with van der Waals surface area (Å²) in [5.41, 5.74) is -2.40. The van der Waals surface area contributed by atoms with Crippen LogP contribution in [-0.4, -0.2) is 82.3 Å². The van der Waals surface area contributed by atoms with E-state index in [1.54, 1.807) is 4.90 Å². The van der Waals surface area contributed by atoms with E-state index in [2.05, 4.69) is 6.92 Å². The molecule has 200 valence electrons. The number of aliphatic hydroxyl groups is 1. The molecule has 0 aromatic rings. The Morgan fingerprint density at radius 1 is 1.08 bits per heavy atom. The molecule has 4 aliphatic rings. The molecule has 0 radical (unpaired) electrons. The number of hydrogen-bond acceptors (Lipinski definition) is 6. The van der Waals surface area contributed by atoms with Crippen molar-refractivity contribution in [1.82, 2.24) is 9.80 Å². The molecule has 4 heterocycles. The Morgan fingerprint density at radius 2 is 1.86 bits per heavy atom. The van der Waals surface area contributed by atoms with Gasteiger partial charge in [0.15, 0.2) is 0 Å². The quantitative estimate of drug-likeness (QED) is 0.327. The van der Waals surface area contributed by atoms with Gasteiger partial charge in [0.05, 0.1) is 30.8 Å². The van der Waals surface area contributed by atoms with E-state index in [0.717, 1.165) is 38.5 Å². The van der Waals surface area contributed by atoms with Crippen LogP contribution in [0.25, 0.3) is 0 Å². The first-order valence-corrected chi connectivity index (χ1v) is 13.7. The molecule has 2 fully saturated rings. The van der Waals surface area contributed by atoms with E-state index in [1.807, 2.05) is 45.1 Å². The number of rotatable bonds is 7. The highest BCUT2D eigenvalue weighted by Crippen LogP contribution is 2.57. The van der Waals surface area contributed by atoms with Gasteiger partial charge in [-0.2, -0.15) is 0 Å². The Morgan fingerprint density at radius 3 is 2.56 bits per heavy atom. The number of hydrogen-bond donors (Lipinski definition) is 1. The highest BCUT2D eigenvalue weighted by Gasteiger charge is 2.75. The fourth-order valence-corrected chi connectivity index (χ4v) is 6.51. The van der Waals surface area contributed by atoms with E-state index in [9.17, 15) is 19.5 Å². The Balaban J connectivity index is 1.84. The third-order valence-electron chi connectivity index (χ3n) is 8.37. The van der Waals surface area contributed by atoms with E-state index in [1.165, 1.54) is 4.90 Å². The molecule has 0 bridgehead atoms. The summed E-state index contributed by atoms with van der Waals surface area (Å²) in [6.45, 7) is 8.83. The van der Waals surface area contributed by atoms with Gasteiger partial charge in [-0.3, -0.25) is 14.4 Å². The zero-order valence-electron chi connectivity index (χ0n) is 22.2. The van der Waals surface area contributed by atoms with Gasteiger partial charge < -0.3 is 24.4 Å². The molecule has 0 aromatic heterocycles. The Kier molecular flexibility index (Phi) is 7.95. The minimum absolute atomic E-state index is 0.0920. The summed E-state index contributed by atoms with van der Waals surface area (Å²) in [7, 11) is 0. The number of carbonyl (C=O) groups excluding carboxylic acids is 3. The molecule has 6 atom stereocenters. The molecule has 0 saturated carbocycles. The van der Waals surface area contributed by atoms with Crippen LogP contribution < -0.4 is 0 Å². The first kappa shape index (κ1) is 26.9. The molecule has 4 aliphatic heterocycles. The minimum Gasteiger partial charge on any atom is -0.465 e. The maximum atomic E-state index is 14.3. The van der Waals surface area contributed by atoms with E-state index in [0.29, 0.717) is 19.7 Å². The number of cyclic esters (lactones) is 1. The van der Waals surface area contributed by atoms with Crippen LogP contribution in [0.4, 0.5) is 0 Å². The third-order valence-corrected chi connectivity index (χ3v) is 8.37. The highest BCUT2D eigenvalue weighted by atomic mass is 16.6. The molecule has 0 aromatic carbocycles. The molecule has 1 spiro atoms. The molecule has 2 saturated heterocycles. The van der Waals surface area contributed by atoms with Crippen molar-refractivity contribution in [3.8, 4) is 0 Å². The molecule has 8 heteroatoms. The summed E-state index contributed by atoms with van der Waals surface area (Å²) in [4.78, 5) is 45.3. The third kappa shape index (κ3) is 4.40. The van der Waals surface area contributed by atoms with Crippen molar-refractivity contribution in [2.24, 2.45) is 17.8 Å². The minimum atomic E-state index is -1.31. The van der Waals surface area contributed by atoms with Crippen LogP contribution in [0, 0.1) is 17.8 Å². The second kappa shape index (κ2) is 10.7. The van der Waals surface area contributed by atoms with Crippen LogP contribution in [0.1, 0.15) is 66.2 Å². The largest absolute Gasteiger partial charge is 0.465 e. The van der Waals surface area contributed by atoms with Gasteiger partial charge in [0.1, 0.15) is 17.6 Å². The molecule has 8 nitrogen and oxygen atoms in total. The highest BCUT2D eigenvalue weighted by molar-refractivity contribution is 5.99. The molecule has 1 unspecified atom stereocenters. The standard InChI is InChI=1S/C28H42N2O6/c1-5-6-10-15-29-16-12-14-28-21(24(32)30(23(28)25(29)33)20(18-31)19(2)3)22-26(34)35-17-11-8-7-9-13-27(22,4)36-28/h9,12-14,19-23,31H,5-8,10-11,15-18H2,1-4H3/b13-9-/t20-,21-,22-,23?,27+,28-/m0/s1. The zero-order chi connectivity index (χ0) is 26.1. The zero-order valence-corrected chi connectivity index (χ0v) is 22.2. The maximum absolute atomic E-state index is 14.3. The van der Waals surface area contributed by atoms with Crippen molar-refractivity contribution in [2.75, 3.05) is 26.3 Å². The Bertz CT molecular complexity index is 916. The predicted octanol–water partition coefficient (Wildman–Crippen LogP) is 2.85. The van der Waals surface area contributed by atoms with Gasteiger partial charge in [0.25, 0.3) is 0 Å². The number of nitrogens with zero attached hydrogens (tertiary/aromatic N) is 2. The van der Waals surface area contributed by atoms with Gasteiger partial charge in [-0.05, 0) is 38.5 Å². The van der Waals surface area contributed by atoms with Crippen LogP contribution in [0.2, 0.25) is 0 Å². The van der Waals surface area contributed by atoms with Crippen molar-refractivity contribution in [3.63, 3.8) is 0 Å². The number of amides is 2. The van der Waals surface area contributed by atoms with Crippen LogP contribution in [0.15, 0.2) is 24.3 Å². The smallest absolute Gasteiger partial charge is 0.313 e. The van der Waals surface area contributed by atoms with E-state index in [4.69, 9.17) is 9.47 Å². The summed E-state index contributed by atoms with van der Waals surface area (Å²) in [5.74, 6) is -2.86. The van der Waals surface area contributed by atoms with Crippen molar-refractivity contribution in [1.29, 1.82) is 0 Å². The number of fused-ring (bicyclic) bond motifs is 2. The lowest BCUT2D eigenvalue weighted by Crippen LogP contribution is -2.59. The molecule has 1 N–H and O–H groups in total. The van der Waals surface area contributed by atoms with Gasteiger partial charge in [0.2, 0.25) is 11.8 Å². The lowest BCUT2D eigenvalue weighted by molar-refractivity contribution is -0.162. The SMILES string of the molecule is CCCCCN1CC=C[C@]23O[C@]4(C)/C=C\CCCCOC(=O)[C@@H]4[C@H]2C(=O)N([C@@H](CO)C(C)C)C3C1=O. The fourth-order valence-electron chi connectivity index (χ4n) is 6.51. The lowest BCUT2D eigenvalue weighted by atomic mass is 9.74. The summed E-state index contributed by atoms with van der Waals surface area (Å²) in [6, 6.07) is -1.52. The number of unbranched alkanes of at least 4 members (excludes halogenated alkanes) is 2. The molecule has 4 rings (SSSR count). The molecule has 2 amide bonds. The molecule has 36 heavy (non-hydrogen) atoms. The van der Waals surface area contributed by atoms with Gasteiger partial charge in [-0.1, -0.05) is 57.9 Å².